The summed E-state index contributed by atoms with van der Waals surface area (Å²) >= 11 is 0. The molecule has 0 amide bonds. The van der Waals surface area contributed by atoms with Crippen molar-refractivity contribution in [1.82, 2.24) is 23.8 Å². The van der Waals surface area contributed by atoms with Gasteiger partial charge in [-0.25, -0.2) is 18.4 Å². The van der Waals surface area contributed by atoms with Gasteiger partial charge in [0.25, 0.3) is 5.56 Å². The zero-order valence-electron chi connectivity index (χ0n) is 22.0. The number of sulfonamides is 1. The van der Waals surface area contributed by atoms with E-state index in [-0.39, 0.29) is 35.6 Å². The number of halogens is 2. The molecule has 4 heterocycles. The van der Waals surface area contributed by atoms with Crippen LogP contribution in [0, 0.1) is 0 Å². The van der Waals surface area contributed by atoms with Crippen LogP contribution in [0.5, 0.6) is 11.6 Å². The number of fused-ring (bicyclic) bond motifs is 1. The van der Waals surface area contributed by atoms with Crippen molar-refractivity contribution in [2.75, 3.05) is 25.5 Å². The third-order valence-electron chi connectivity index (χ3n) is 7.49. The summed E-state index contributed by atoms with van der Waals surface area (Å²) in [5.41, 5.74) is -1.87. The predicted molar refractivity (Wildman–Crippen MR) is 140 cm³/mol. The van der Waals surface area contributed by atoms with Crippen molar-refractivity contribution in [2.45, 2.75) is 68.2 Å². The number of anilines is 1. The van der Waals surface area contributed by atoms with E-state index in [2.05, 4.69) is 25.0 Å². The molecule has 3 aromatic rings. The molecule has 0 spiro atoms. The van der Waals surface area contributed by atoms with Gasteiger partial charge in [-0.2, -0.15) is 18.1 Å². The van der Waals surface area contributed by atoms with Crippen molar-refractivity contribution < 1.29 is 31.8 Å². The van der Waals surface area contributed by atoms with Crippen LogP contribution in [-0.2, 0) is 10.0 Å². The molecule has 2 atom stereocenters. The summed E-state index contributed by atoms with van der Waals surface area (Å²) in [7, 11) is -2.28. The van der Waals surface area contributed by atoms with E-state index in [4.69, 9.17) is 4.74 Å². The van der Waals surface area contributed by atoms with Crippen molar-refractivity contribution in [1.29, 1.82) is 0 Å². The number of hydrogen-bond donors (Lipinski definition) is 2. The molecular weight excluding hydrogens is 550 g/mol. The maximum Gasteiger partial charge on any atom is 0.387 e. The first-order valence-corrected chi connectivity index (χ1v) is 14.3. The molecule has 216 valence electrons. The van der Waals surface area contributed by atoms with E-state index in [0.29, 0.717) is 43.4 Å². The molecule has 12 nitrogen and oxygen atoms in total. The van der Waals surface area contributed by atoms with Gasteiger partial charge in [-0.1, -0.05) is 0 Å². The number of aromatic nitrogens is 4. The molecule has 1 aliphatic carbocycles. The minimum Gasteiger partial charge on any atom is -0.481 e. The molecular formula is C25H30F2N6O6S. The van der Waals surface area contributed by atoms with Crippen LogP contribution in [0.4, 0.5) is 14.7 Å². The van der Waals surface area contributed by atoms with Gasteiger partial charge in [0.1, 0.15) is 10.5 Å². The Hall–Kier alpha value is -3.43. The molecule has 3 aromatic heterocycles. The molecule has 1 saturated heterocycles. The van der Waals surface area contributed by atoms with Crippen molar-refractivity contribution in [3.05, 3.63) is 40.9 Å². The lowest BCUT2D eigenvalue weighted by Gasteiger charge is -2.31. The van der Waals surface area contributed by atoms with Gasteiger partial charge >= 0.3 is 6.61 Å². The van der Waals surface area contributed by atoms with E-state index in [0.717, 1.165) is 0 Å². The standard InChI is InChI=1S/C25H30F2N6O6S/c1-25(35)9-3-4-19(25)33-21-15(12-18(22(33)34)39-23(26)27)13-29-24(31-21)30-16-7-10-32(11-8-16)40(36,37)17-5-6-20(38-2)28-14-17/h5-6,12-14,16,19,23,35H,3-4,7-11H2,1-2H3,(H,29,30,31)/t19-,25-/m1/s1. The Morgan fingerprint density at radius 1 is 1.18 bits per heavy atom. The monoisotopic (exact) mass is 580 g/mol. The number of rotatable bonds is 8. The highest BCUT2D eigenvalue weighted by atomic mass is 32.2. The highest BCUT2D eigenvalue weighted by Crippen LogP contribution is 2.40. The normalized spacial score (nSPS) is 22.6. The highest BCUT2D eigenvalue weighted by molar-refractivity contribution is 7.89. The average molecular weight is 581 g/mol. The fourth-order valence-electron chi connectivity index (χ4n) is 5.38. The van der Waals surface area contributed by atoms with Crippen molar-refractivity contribution in [3.63, 3.8) is 0 Å². The van der Waals surface area contributed by atoms with Crippen LogP contribution >= 0.6 is 0 Å². The second-order valence-electron chi connectivity index (χ2n) is 10.2. The van der Waals surface area contributed by atoms with Crippen molar-refractivity contribution >= 4 is 27.0 Å². The smallest absolute Gasteiger partial charge is 0.387 e. The third-order valence-corrected chi connectivity index (χ3v) is 9.37. The third kappa shape index (κ3) is 5.45. The summed E-state index contributed by atoms with van der Waals surface area (Å²) in [4.78, 5) is 26.1. The number of methoxy groups -OCH3 is 1. The number of hydrogen-bond acceptors (Lipinski definition) is 10. The van der Waals surface area contributed by atoms with E-state index < -0.39 is 39.6 Å². The Bertz CT molecular complexity index is 1540. The number of alkyl halides is 2. The zero-order chi connectivity index (χ0) is 28.7. The fraction of sp³-hybridized carbons (Fsp3) is 0.520. The van der Waals surface area contributed by atoms with Gasteiger partial charge in [-0.15, -0.1) is 0 Å². The summed E-state index contributed by atoms with van der Waals surface area (Å²) in [6, 6.07) is 3.27. The molecule has 0 bridgehead atoms. The van der Waals surface area contributed by atoms with Gasteiger partial charge in [-0.05, 0) is 51.2 Å². The SMILES string of the molecule is COc1ccc(S(=O)(=O)N2CCC(Nc3ncc4cc(OC(F)F)c(=O)n([C@@H]5CCC[C@@]5(C)O)c4n3)CC2)cn1. The molecule has 0 aromatic carbocycles. The lowest BCUT2D eigenvalue weighted by molar-refractivity contribution is -0.0513. The van der Waals surface area contributed by atoms with Crippen LogP contribution in [0.1, 0.15) is 45.1 Å². The van der Waals surface area contributed by atoms with Crippen molar-refractivity contribution in [2.24, 2.45) is 0 Å². The molecule has 1 saturated carbocycles. The molecule has 2 N–H and O–H groups in total. The van der Waals surface area contributed by atoms with Crippen LogP contribution in [0.3, 0.4) is 0 Å². The maximum absolute atomic E-state index is 13.2. The number of nitrogens with zero attached hydrogens (tertiary/aromatic N) is 5. The molecule has 1 aliphatic heterocycles. The molecule has 15 heteroatoms. The van der Waals surface area contributed by atoms with Crippen molar-refractivity contribution in [3.8, 4) is 11.6 Å². The number of nitrogens with one attached hydrogen (secondary N) is 1. The van der Waals surface area contributed by atoms with Gasteiger partial charge in [0.05, 0.1) is 24.9 Å². The Morgan fingerprint density at radius 2 is 1.93 bits per heavy atom. The summed E-state index contributed by atoms with van der Waals surface area (Å²) in [5, 5.41) is 14.4. The Balaban J connectivity index is 1.37. The summed E-state index contributed by atoms with van der Waals surface area (Å²) in [6.07, 6.45) is 5.15. The van der Waals surface area contributed by atoms with Gasteiger partial charge in [0, 0.05) is 36.8 Å². The molecule has 2 aliphatic rings. The lowest BCUT2D eigenvalue weighted by atomic mass is 10.00. The van der Waals surface area contributed by atoms with Crippen LogP contribution < -0.4 is 20.3 Å². The molecule has 0 unspecified atom stereocenters. The lowest BCUT2D eigenvalue weighted by Crippen LogP contribution is -2.42. The second kappa shape index (κ2) is 10.9. The average Bonchev–Trinajstić information content (AvgIpc) is 3.27. The summed E-state index contributed by atoms with van der Waals surface area (Å²) in [5.74, 6) is -0.0337. The van der Waals surface area contributed by atoms with Gasteiger partial charge in [0.15, 0.2) is 5.75 Å². The summed E-state index contributed by atoms with van der Waals surface area (Å²) in [6.45, 7) is -1.08. The molecule has 0 radical (unpaired) electrons. The Morgan fingerprint density at radius 3 is 2.52 bits per heavy atom. The van der Waals surface area contributed by atoms with E-state index in [1.807, 2.05) is 0 Å². The molecule has 2 fully saturated rings. The quantitative estimate of drug-likeness (QED) is 0.407. The predicted octanol–water partition coefficient (Wildman–Crippen LogP) is 2.54. The molecule has 5 rings (SSSR count). The van der Waals surface area contributed by atoms with Gasteiger partial charge in [0.2, 0.25) is 21.9 Å². The van der Waals surface area contributed by atoms with E-state index in [1.165, 1.54) is 46.6 Å². The maximum atomic E-state index is 13.2. The Labute approximate surface area is 229 Å². The first kappa shape index (κ1) is 28.1. The van der Waals surface area contributed by atoms with Crippen LogP contribution in [0.2, 0.25) is 0 Å². The minimum absolute atomic E-state index is 0.0773. The van der Waals surface area contributed by atoms with E-state index in [1.54, 1.807) is 6.92 Å². The van der Waals surface area contributed by atoms with Crippen LogP contribution in [0.25, 0.3) is 11.0 Å². The summed E-state index contributed by atoms with van der Waals surface area (Å²) < 4.78 is 64.1. The van der Waals surface area contributed by atoms with Gasteiger partial charge < -0.3 is 19.9 Å². The number of aliphatic hydroxyl groups is 1. The van der Waals surface area contributed by atoms with Crippen LogP contribution in [-0.4, -0.2) is 75.8 Å². The fourth-order valence-corrected chi connectivity index (χ4v) is 6.80. The first-order chi connectivity index (χ1) is 19.0. The second-order valence-corrected chi connectivity index (χ2v) is 12.1. The van der Waals surface area contributed by atoms with E-state index >= 15 is 0 Å². The van der Waals surface area contributed by atoms with E-state index in [9.17, 15) is 27.1 Å². The number of ether oxygens (including phenoxy) is 2. The minimum atomic E-state index is -3.73. The largest absolute Gasteiger partial charge is 0.481 e. The Kier molecular flexibility index (Phi) is 7.63. The zero-order valence-corrected chi connectivity index (χ0v) is 22.8. The van der Waals surface area contributed by atoms with Gasteiger partial charge in [-0.3, -0.25) is 9.36 Å². The molecule has 40 heavy (non-hydrogen) atoms. The van der Waals surface area contributed by atoms with Crippen LogP contribution in [0.15, 0.2) is 40.3 Å². The number of piperidine rings is 1. The first-order valence-electron chi connectivity index (χ1n) is 12.9. The topological polar surface area (TPSA) is 149 Å². The highest BCUT2D eigenvalue weighted by Gasteiger charge is 2.40. The number of pyridine rings is 2.